The lowest BCUT2D eigenvalue weighted by Gasteiger charge is -2.21. The van der Waals surface area contributed by atoms with Crippen molar-refractivity contribution in [2.45, 2.75) is 32.2 Å². The number of amides is 2. The molecule has 2 amide bonds. The van der Waals surface area contributed by atoms with E-state index in [1.54, 1.807) is 35.9 Å². The Labute approximate surface area is 194 Å². The van der Waals surface area contributed by atoms with E-state index in [9.17, 15) is 14.4 Å². The van der Waals surface area contributed by atoms with Crippen LogP contribution in [0.5, 0.6) is 5.75 Å². The van der Waals surface area contributed by atoms with Gasteiger partial charge >= 0.3 is 0 Å². The summed E-state index contributed by atoms with van der Waals surface area (Å²) in [6.45, 7) is 6.76. The molecule has 1 aromatic heterocycles. The molecule has 1 unspecified atom stereocenters. The molecular formula is C25H29N3O4Si. The van der Waals surface area contributed by atoms with Gasteiger partial charge in [-0.15, -0.1) is 0 Å². The summed E-state index contributed by atoms with van der Waals surface area (Å²) in [6, 6.07) is 16.7. The van der Waals surface area contributed by atoms with E-state index in [2.05, 4.69) is 30.3 Å². The first-order chi connectivity index (χ1) is 15.7. The van der Waals surface area contributed by atoms with Gasteiger partial charge in [-0.25, -0.2) is 0 Å². The predicted octanol–water partition coefficient (Wildman–Crippen LogP) is 2.90. The molecule has 33 heavy (non-hydrogen) atoms. The molecule has 1 heterocycles. The minimum Gasteiger partial charge on any atom is -0.497 e. The molecule has 3 rings (SSSR count). The summed E-state index contributed by atoms with van der Waals surface area (Å²) in [4.78, 5) is 37.2. The normalized spacial score (nSPS) is 12.0. The van der Waals surface area contributed by atoms with Crippen LogP contribution in [0.3, 0.4) is 0 Å². The maximum absolute atomic E-state index is 13.2. The molecule has 0 saturated carbocycles. The predicted molar refractivity (Wildman–Crippen MR) is 133 cm³/mol. The number of rotatable bonds is 8. The molecule has 0 aliphatic heterocycles. The maximum atomic E-state index is 13.2. The van der Waals surface area contributed by atoms with Crippen LogP contribution in [0.4, 0.5) is 5.69 Å². The van der Waals surface area contributed by atoms with Gasteiger partial charge in [-0.2, -0.15) is 0 Å². The summed E-state index contributed by atoms with van der Waals surface area (Å²) in [6.07, 6.45) is 3.06. The molecule has 3 aromatic rings. The zero-order chi connectivity index (χ0) is 24.0. The Morgan fingerprint density at radius 3 is 2.09 bits per heavy atom. The second-order valence-corrected chi connectivity index (χ2v) is 13.9. The third-order valence-electron chi connectivity index (χ3n) is 5.22. The van der Waals surface area contributed by atoms with Crippen LogP contribution in [-0.2, 0) is 16.1 Å². The van der Waals surface area contributed by atoms with Crippen LogP contribution in [0.15, 0.2) is 77.9 Å². The number of carbonyl (C=O) groups is 2. The van der Waals surface area contributed by atoms with Gasteiger partial charge in [0, 0.05) is 30.2 Å². The molecule has 0 radical (unpaired) electrons. The van der Waals surface area contributed by atoms with Crippen LogP contribution in [-0.4, -0.2) is 31.6 Å². The number of hydrogen-bond acceptors (Lipinski definition) is 4. The molecule has 0 aliphatic carbocycles. The van der Waals surface area contributed by atoms with Gasteiger partial charge in [0.15, 0.2) is 5.43 Å². The molecular weight excluding hydrogens is 434 g/mol. The Balaban J connectivity index is 1.79. The lowest BCUT2D eigenvalue weighted by Crippen LogP contribution is -2.39. The van der Waals surface area contributed by atoms with Gasteiger partial charge in [0.05, 0.1) is 15.2 Å². The van der Waals surface area contributed by atoms with Crippen molar-refractivity contribution in [3.05, 3.63) is 88.8 Å². The van der Waals surface area contributed by atoms with Gasteiger partial charge in [-0.1, -0.05) is 49.1 Å². The monoisotopic (exact) mass is 463 g/mol. The summed E-state index contributed by atoms with van der Waals surface area (Å²) in [5.74, 6) is -0.0581. The zero-order valence-corrected chi connectivity index (χ0v) is 20.3. The van der Waals surface area contributed by atoms with Crippen LogP contribution in [0.1, 0.15) is 11.6 Å². The first-order valence-electron chi connectivity index (χ1n) is 10.7. The molecule has 2 N–H and O–H groups in total. The largest absolute Gasteiger partial charge is 0.497 e. The average Bonchev–Trinajstić information content (AvgIpc) is 2.79. The Bertz CT molecular complexity index is 1150. The number of nitrogens with one attached hydrogen (secondary N) is 2. The number of nitrogens with zero attached hydrogens (tertiary/aromatic N) is 1. The standard InChI is InChI=1S/C25H29N3O4Si/c1-32-21-9-5-18(6-10-21)24(27-23(30)17-28-15-13-20(29)14-16-28)25(31)26-19-7-11-22(12-8-19)33(2,3)4/h5-16,24H,17H2,1-4H3,(H,26,31)(H,27,30). The van der Waals surface area contributed by atoms with E-state index in [-0.39, 0.29) is 23.8 Å². The van der Waals surface area contributed by atoms with Crippen LogP contribution >= 0.6 is 0 Å². The van der Waals surface area contributed by atoms with E-state index in [1.165, 1.54) is 29.7 Å². The second kappa shape index (κ2) is 10.3. The number of benzene rings is 2. The highest BCUT2D eigenvalue weighted by molar-refractivity contribution is 6.88. The summed E-state index contributed by atoms with van der Waals surface area (Å²) in [7, 11) is 0.119. The first-order valence-corrected chi connectivity index (χ1v) is 14.2. The molecule has 0 saturated heterocycles. The number of aromatic nitrogens is 1. The van der Waals surface area contributed by atoms with Crippen molar-refractivity contribution in [1.29, 1.82) is 0 Å². The first kappa shape index (κ1) is 24.0. The Kier molecular flexibility index (Phi) is 7.50. The number of pyridine rings is 1. The number of anilines is 1. The van der Waals surface area contributed by atoms with E-state index in [0.29, 0.717) is 17.0 Å². The van der Waals surface area contributed by atoms with Gasteiger partial charge < -0.3 is 19.9 Å². The summed E-state index contributed by atoms with van der Waals surface area (Å²) in [5, 5.41) is 7.01. The molecule has 172 valence electrons. The number of methoxy groups -OCH3 is 1. The van der Waals surface area contributed by atoms with E-state index in [1.807, 2.05) is 24.3 Å². The van der Waals surface area contributed by atoms with Gasteiger partial charge in [0.2, 0.25) is 5.91 Å². The van der Waals surface area contributed by atoms with Crippen molar-refractivity contribution in [2.75, 3.05) is 12.4 Å². The molecule has 0 bridgehead atoms. The number of hydrogen-bond donors (Lipinski definition) is 2. The van der Waals surface area contributed by atoms with Crippen LogP contribution in [0.25, 0.3) is 0 Å². The summed E-state index contributed by atoms with van der Waals surface area (Å²) < 4.78 is 6.78. The Hall–Kier alpha value is -3.65. The fourth-order valence-corrected chi connectivity index (χ4v) is 4.45. The van der Waals surface area contributed by atoms with Crippen molar-refractivity contribution in [3.8, 4) is 5.75 Å². The van der Waals surface area contributed by atoms with Gasteiger partial charge in [0.25, 0.3) is 5.91 Å². The van der Waals surface area contributed by atoms with Crippen molar-refractivity contribution in [3.63, 3.8) is 0 Å². The highest BCUT2D eigenvalue weighted by Crippen LogP contribution is 2.20. The molecule has 0 aliphatic rings. The van der Waals surface area contributed by atoms with Crippen molar-refractivity contribution in [1.82, 2.24) is 9.88 Å². The quantitative estimate of drug-likeness (QED) is 0.503. The van der Waals surface area contributed by atoms with E-state index in [4.69, 9.17) is 4.74 Å². The van der Waals surface area contributed by atoms with E-state index in [0.717, 1.165) is 0 Å². The average molecular weight is 464 g/mol. The molecule has 8 heteroatoms. The van der Waals surface area contributed by atoms with Crippen LogP contribution < -0.4 is 26.0 Å². The number of ether oxygens (including phenoxy) is 1. The molecule has 0 fully saturated rings. The van der Waals surface area contributed by atoms with Crippen molar-refractivity contribution >= 4 is 30.8 Å². The Morgan fingerprint density at radius 1 is 0.939 bits per heavy atom. The SMILES string of the molecule is COc1ccc(C(NC(=O)Cn2ccc(=O)cc2)C(=O)Nc2ccc([Si](C)(C)C)cc2)cc1. The van der Waals surface area contributed by atoms with Crippen LogP contribution in [0.2, 0.25) is 19.6 Å². The second-order valence-electron chi connectivity index (χ2n) is 8.80. The topological polar surface area (TPSA) is 89.4 Å². The van der Waals surface area contributed by atoms with Gasteiger partial charge in [-0.3, -0.25) is 14.4 Å². The molecule has 1 atom stereocenters. The fraction of sp³-hybridized carbons (Fsp3) is 0.240. The Morgan fingerprint density at radius 2 is 1.55 bits per heavy atom. The lowest BCUT2D eigenvalue weighted by atomic mass is 10.1. The smallest absolute Gasteiger partial charge is 0.251 e. The minimum absolute atomic E-state index is 0.0227. The summed E-state index contributed by atoms with van der Waals surface area (Å²) in [5.41, 5.74) is 1.15. The highest BCUT2D eigenvalue weighted by Gasteiger charge is 2.23. The van der Waals surface area contributed by atoms with Gasteiger partial charge in [0.1, 0.15) is 18.3 Å². The third-order valence-corrected chi connectivity index (χ3v) is 7.29. The van der Waals surface area contributed by atoms with E-state index < -0.39 is 14.1 Å². The minimum atomic E-state index is -1.45. The zero-order valence-electron chi connectivity index (χ0n) is 19.3. The highest BCUT2D eigenvalue weighted by atomic mass is 28.3. The fourth-order valence-electron chi connectivity index (χ4n) is 3.29. The maximum Gasteiger partial charge on any atom is 0.251 e. The summed E-state index contributed by atoms with van der Waals surface area (Å²) >= 11 is 0. The van der Waals surface area contributed by atoms with Crippen LogP contribution in [0, 0.1) is 0 Å². The number of carbonyl (C=O) groups excluding carboxylic acids is 2. The van der Waals surface area contributed by atoms with Crippen molar-refractivity contribution < 1.29 is 14.3 Å². The molecule has 2 aromatic carbocycles. The lowest BCUT2D eigenvalue weighted by molar-refractivity contribution is -0.127. The van der Waals surface area contributed by atoms with E-state index >= 15 is 0 Å². The molecule has 0 spiro atoms. The van der Waals surface area contributed by atoms with Gasteiger partial charge in [-0.05, 0) is 29.8 Å². The van der Waals surface area contributed by atoms with Crippen molar-refractivity contribution in [2.24, 2.45) is 0 Å². The molecule has 7 nitrogen and oxygen atoms in total. The third kappa shape index (κ3) is 6.66.